The van der Waals surface area contributed by atoms with Crippen molar-refractivity contribution < 1.29 is 14.2 Å². The lowest BCUT2D eigenvalue weighted by atomic mass is 9.94. The molecule has 1 aromatic carbocycles. The SMILES string of the molecule is COc1c(C)cc(Br)c(F)c1C(C)(C)O. The quantitative estimate of drug-likeness (QED) is 0.899. The predicted molar refractivity (Wildman–Crippen MR) is 60.6 cm³/mol. The van der Waals surface area contributed by atoms with E-state index >= 15 is 0 Å². The average molecular weight is 277 g/mol. The lowest BCUT2D eigenvalue weighted by Crippen LogP contribution is -2.19. The summed E-state index contributed by atoms with van der Waals surface area (Å²) in [5.41, 5.74) is -0.316. The van der Waals surface area contributed by atoms with Gasteiger partial charge in [0.2, 0.25) is 0 Å². The van der Waals surface area contributed by atoms with Crippen molar-refractivity contribution in [1.29, 1.82) is 0 Å². The average Bonchev–Trinajstić information content (AvgIpc) is 2.08. The molecule has 0 fully saturated rings. The fraction of sp³-hybridized carbons (Fsp3) is 0.455. The molecule has 0 spiro atoms. The summed E-state index contributed by atoms with van der Waals surface area (Å²) in [4.78, 5) is 0. The Hall–Kier alpha value is -0.610. The van der Waals surface area contributed by atoms with E-state index in [0.717, 1.165) is 5.56 Å². The molecule has 1 aromatic rings. The van der Waals surface area contributed by atoms with Crippen LogP contribution < -0.4 is 4.74 Å². The van der Waals surface area contributed by atoms with Crippen molar-refractivity contribution in [2.45, 2.75) is 26.4 Å². The zero-order chi connectivity index (χ0) is 11.8. The van der Waals surface area contributed by atoms with E-state index in [1.807, 2.05) is 0 Å². The van der Waals surface area contributed by atoms with Crippen molar-refractivity contribution in [2.75, 3.05) is 7.11 Å². The van der Waals surface area contributed by atoms with E-state index in [1.165, 1.54) is 21.0 Å². The van der Waals surface area contributed by atoms with E-state index in [-0.39, 0.29) is 5.56 Å². The second kappa shape index (κ2) is 4.10. The fourth-order valence-electron chi connectivity index (χ4n) is 1.54. The van der Waals surface area contributed by atoms with Gasteiger partial charge in [-0.1, -0.05) is 0 Å². The van der Waals surface area contributed by atoms with Crippen LogP contribution in [-0.4, -0.2) is 12.2 Å². The molecule has 0 atom stereocenters. The molecule has 1 rings (SSSR count). The predicted octanol–water partition coefficient (Wildman–Crippen LogP) is 3.13. The molecule has 4 heteroatoms. The lowest BCUT2D eigenvalue weighted by Gasteiger charge is -2.23. The second-order valence-corrected chi connectivity index (χ2v) is 4.81. The molecule has 0 aliphatic carbocycles. The van der Waals surface area contributed by atoms with Crippen molar-refractivity contribution >= 4 is 15.9 Å². The number of methoxy groups -OCH3 is 1. The van der Waals surface area contributed by atoms with Crippen molar-refractivity contribution in [2.24, 2.45) is 0 Å². The van der Waals surface area contributed by atoms with Gasteiger partial charge >= 0.3 is 0 Å². The number of rotatable bonds is 2. The number of hydrogen-bond donors (Lipinski definition) is 1. The molecule has 0 aromatic heterocycles. The number of aryl methyl sites for hydroxylation is 1. The van der Waals surface area contributed by atoms with Gasteiger partial charge in [-0.05, 0) is 48.3 Å². The highest BCUT2D eigenvalue weighted by molar-refractivity contribution is 9.10. The minimum absolute atomic E-state index is 0.178. The van der Waals surface area contributed by atoms with Crippen LogP contribution in [0.15, 0.2) is 10.5 Å². The van der Waals surface area contributed by atoms with Gasteiger partial charge in [-0.15, -0.1) is 0 Å². The molecular formula is C11H14BrFO2. The monoisotopic (exact) mass is 276 g/mol. The van der Waals surface area contributed by atoms with E-state index in [9.17, 15) is 9.50 Å². The van der Waals surface area contributed by atoms with Crippen LogP contribution in [0.2, 0.25) is 0 Å². The van der Waals surface area contributed by atoms with Crippen LogP contribution in [-0.2, 0) is 5.60 Å². The maximum absolute atomic E-state index is 13.8. The number of benzene rings is 1. The molecule has 15 heavy (non-hydrogen) atoms. The zero-order valence-corrected chi connectivity index (χ0v) is 10.8. The van der Waals surface area contributed by atoms with Gasteiger partial charge in [0, 0.05) is 0 Å². The highest BCUT2D eigenvalue weighted by Gasteiger charge is 2.28. The topological polar surface area (TPSA) is 29.5 Å². The van der Waals surface area contributed by atoms with E-state index < -0.39 is 11.4 Å². The van der Waals surface area contributed by atoms with Crippen LogP contribution in [0.3, 0.4) is 0 Å². The summed E-state index contributed by atoms with van der Waals surface area (Å²) in [7, 11) is 1.46. The normalized spacial score (nSPS) is 11.7. The van der Waals surface area contributed by atoms with Gasteiger partial charge in [-0.25, -0.2) is 4.39 Å². The Morgan fingerprint density at radius 1 is 1.47 bits per heavy atom. The third kappa shape index (κ3) is 2.32. The van der Waals surface area contributed by atoms with Crippen LogP contribution in [0.25, 0.3) is 0 Å². The molecule has 0 amide bonds. The molecule has 0 aliphatic rings. The van der Waals surface area contributed by atoms with Gasteiger partial charge < -0.3 is 9.84 Å². The van der Waals surface area contributed by atoms with E-state index in [2.05, 4.69) is 15.9 Å². The molecule has 0 unspecified atom stereocenters. The molecule has 84 valence electrons. The Bertz CT molecular complexity index is 383. The fourth-order valence-corrected chi connectivity index (χ4v) is 2.09. The molecule has 2 nitrogen and oxygen atoms in total. The van der Waals surface area contributed by atoms with Gasteiger partial charge in [-0.2, -0.15) is 0 Å². The zero-order valence-electron chi connectivity index (χ0n) is 9.19. The third-order valence-electron chi connectivity index (χ3n) is 2.17. The van der Waals surface area contributed by atoms with Crippen LogP contribution in [0.1, 0.15) is 25.0 Å². The summed E-state index contributed by atoms with van der Waals surface area (Å²) in [6, 6.07) is 1.63. The molecule has 0 aliphatic heterocycles. The summed E-state index contributed by atoms with van der Waals surface area (Å²) >= 11 is 3.11. The molecule has 0 radical (unpaired) electrons. The summed E-state index contributed by atoms with van der Waals surface area (Å²) in [5, 5.41) is 9.89. The van der Waals surface area contributed by atoms with Crippen LogP contribution in [0, 0.1) is 12.7 Å². The van der Waals surface area contributed by atoms with Gasteiger partial charge in [0.1, 0.15) is 11.6 Å². The number of aliphatic hydroxyl groups is 1. The molecule has 0 saturated heterocycles. The van der Waals surface area contributed by atoms with Gasteiger partial charge in [0.15, 0.2) is 0 Å². The second-order valence-electron chi connectivity index (χ2n) is 3.96. The first-order valence-electron chi connectivity index (χ1n) is 4.54. The van der Waals surface area contributed by atoms with E-state index in [4.69, 9.17) is 4.74 Å². The molecule has 0 saturated carbocycles. The third-order valence-corrected chi connectivity index (χ3v) is 2.75. The van der Waals surface area contributed by atoms with Crippen molar-refractivity contribution in [3.63, 3.8) is 0 Å². The maximum atomic E-state index is 13.8. The van der Waals surface area contributed by atoms with E-state index in [0.29, 0.717) is 10.2 Å². The highest BCUT2D eigenvalue weighted by Crippen LogP contribution is 2.38. The first-order valence-corrected chi connectivity index (χ1v) is 5.33. The standard InChI is InChI=1S/C11H14BrFO2/c1-6-5-7(12)9(13)8(10(6)15-4)11(2,3)14/h5,14H,1-4H3. The summed E-state index contributed by atoms with van der Waals surface area (Å²) < 4.78 is 19.3. The Kier molecular flexibility index (Phi) is 3.41. The molecule has 1 N–H and O–H groups in total. The van der Waals surface area contributed by atoms with Crippen LogP contribution in [0.4, 0.5) is 4.39 Å². The summed E-state index contributed by atoms with van der Waals surface area (Å²) in [6.07, 6.45) is 0. The number of ether oxygens (including phenoxy) is 1. The minimum atomic E-state index is -1.27. The van der Waals surface area contributed by atoms with E-state index in [1.54, 1.807) is 13.0 Å². The molecule has 0 heterocycles. The maximum Gasteiger partial charge on any atom is 0.147 e. The molecular weight excluding hydrogens is 263 g/mol. The first-order chi connectivity index (χ1) is 6.79. The number of halogens is 2. The van der Waals surface area contributed by atoms with Gasteiger partial charge in [0.25, 0.3) is 0 Å². The Labute approximate surface area is 97.2 Å². The summed E-state index contributed by atoms with van der Waals surface area (Å²) in [6.45, 7) is 4.86. The minimum Gasteiger partial charge on any atom is -0.496 e. The highest BCUT2D eigenvalue weighted by atomic mass is 79.9. The Morgan fingerprint density at radius 2 is 2.00 bits per heavy atom. The lowest BCUT2D eigenvalue weighted by molar-refractivity contribution is 0.0711. The van der Waals surface area contributed by atoms with Crippen molar-refractivity contribution in [3.8, 4) is 5.75 Å². The Balaban J connectivity index is 3.59. The largest absolute Gasteiger partial charge is 0.496 e. The smallest absolute Gasteiger partial charge is 0.147 e. The summed E-state index contributed by atoms with van der Waals surface area (Å²) in [5.74, 6) is -0.0897. The Morgan fingerprint density at radius 3 is 2.40 bits per heavy atom. The number of hydrogen-bond acceptors (Lipinski definition) is 2. The first kappa shape index (κ1) is 12.5. The molecule has 0 bridgehead atoms. The van der Waals surface area contributed by atoms with Gasteiger partial charge in [-0.3, -0.25) is 0 Å². The van der Waals surface area contributed by atoms with Crippen molar-refractivity contribution in [1.82, 2.24) is 0 Å². The van der Waals surface area contributed by atoms with Crippen LogP contribution >= 0.6 is 15.9 Å². The van der Waals surface area contributed by atoms with Gasteiger partial charge in [0.05, 0.1) is 22.7 Å². The van der Waals surface area contributed by atoms with Crippen LogP contribution in [0.5, 0.6) is 5.75 Å². The van der Waals surface area contributed by atoms with Crippen molar-refractivity contribution in [3.05, 3.63) is 27.5 Å².